The molecule has 0 aliphatic heterocycles. The second-order valence-electron chi connectivity index (χ2n) is 4.98. The number of carboxylic acid groups (broad SMARTS) is 1. The lowest BCUT2D eigenvalue weighted by Crippen LogP contribution is -1.98. The molecule has 3 aromatic rings. The summed E-state index contributed by atoms with van der Waals surface area (Å²) in [4.78, 5) is 15.4. The van der Waals surface area contributed by atoms with E-state index in [1.54, 1.807) is 24.3 Å². The molecule has 0 aliphatic rings. The lowest BCUT2D eigenvalue weighted by Gasteiger charge is -2.11. The van der Waals surface area contributed by atoms with Crippen LogP contribution >= 0.6 is 11.6 Å². The monoisotopic (exact) mass is 312 g/mol. The summed E-state index contributed by atoms with van der Waals surface area (Å²) < 4.78 is 0. The van der Waals surface area contributed by atoms with E-state index in [4.69, 9.17) is 16.7 Å². The van der Waals surface area contributed by atoms with Crippen LogP contribution in [0.3, 0.4) is 0 Å². The van der Waals surface area contributed by atoms with Gasteiger partial charge in [0, 0.05) is 27.5 Å². The van der Waals surface area contributed by atoms with Crippen LogP contribution < -0.4 is 5.32 Å². The minimum atomic E-state index is -0.941. The van der Waals surface area contributed by atoms with Crippen LogP contribution in [0.15, 0.2) is 48.5 Å². The van der Waals surface area contributed by atoms with Crippen molar-refractivity contribution in [1.82, 2.24) is 4.98 Å². The molecule has 3 rings (SSSR count). The third-order valence-corrected chi connectivity index (χ3v) is 3.54. The zero-order valence-electron chi connectivity index (χ0n) is 11.8. The molecule has 0 amide bonds. The van der Waals surface area contributed by atoms with Gasteiger partial charge in [0.1, 0.15) is 0 Å². The maximum atomic E-state index is 10.9. The number of pyridine rings is 1. The van der Waals surface area contributed by atoms with E-state index in [-0.39, 0.29) is 5.56 Å². The Hall–Kier alpha value is -2.59. The number of nitrogens with one attached hydrogen (secondary N) is 1. The zero-order valence-corrected chi connectivity index (χ0v) is 12.6. The number of aromatic nitrogens is 1. The van der Waals surface area contributed by atoms with Gasteiger partial charge in [-0.15, -0.1) is 0 Å². The lowest BCUT2D eigenvalue weighted by atomic mass is 10.1. The standard InChI is InChI=1S/C17H13ClN2O2/c1-10-8-16(14-9-12(18)4-7-15(14)19-10)20-13-5-2-11(3-6-13)17(21)22/h2-9H,1H3,(H,19,20)(H,21,22). The van der Waals surface area contributed by atoms with Gasteiger partial charge in [0.25, 0.3) is 0 Å². The molecule has 0 saturated heterocycles. The summed E-state index contributed by atoms with van der Waals surface area (Å²) in [5, 5.41) is 13.8. The minimum Gasteiger partial charge on any atom is -0.478 e. The summed E-state index contributed by atoms with van der Waals surface area (Å²) in [6.07, 6.45) is 0. The van der Waals surface area contributed by atoms with E-state index in [1.807, 2.05) is 31.2 Å². The predicted octanol–water partition coefficient (Wildman–Crippen LogP) is 4.64. The molecule has 22 heavy (non-hydrogen) atoms. The number of carboxylic acids is 1. The number of carbonyl (C=O) groups is 1. The Balaban J connectivity index is 2.02. The number of anilines is 2. The Morgan fingerprint density at radius 2 is 1.86 bits per heavy atom. The van der Waals surface area contributed by atoms with Gasteiger partial charge in [-0.3, -0.25) is 4.98 Å². The average molecular weight is 313 g/mol. The van der Waals surface area contributed by atoms with E-state index < -0.39 is 5.97 Å². The van der Waals surface area contributed by atoms with Gasteiger partial charge in [0.15, 0.2) is 0 Å². The van der Waals surface area contributed by atoms with Gasteiger partial charge in [0.05, 0.1) is 11.1 Å². The first-order chi connectivity index (χ1) is 10.5. The van der Waals surface area contributed by atoms with Crippen LogP contribution in [0.2, 0.25) is 5.02 Å². The summed E-state index contributed by atoms with van der Waals surface area (Å²) in [5.41, 5.74) is 3.68. The van der Waals surface area contributed by atoms with Crippen LogP contribution in [-0.2, 0) is 0 Å². The van der Waals surface area contributed by atoms with Gasteiger partial charge >= 0.3 is 5.97 Å². The van der Waals surface area contributed by atoms with E-state index in [9.17, 15) is 4.79 Å². The van der Waals surface area contributed by atoms with Gasteiger partial charge in [-0.05, 0) is 55.5 Å². The van der Waals surface area contributed by atoms with E-state index in [0.29, 0.717) is 5.02 Å². The Bertz CT molecular complexity index is 860. The molecule has 110 valence electrons. The second kappa shape index (κ2) is 5.66. The Morgan fingerprint density at radius 3 is 2.55 bits per heavy atom. The van der Waals surface area contributed by atoms with Crippen molar-refractivity contribution in [2.45, 2.75) is 6.92 Å². The van der Waals surface area contributed by atoms with E-state index >= 15 is 0 Å². The quantitative estimate of drug-likeness (QED) is 0.739. The second-order valence-corrected chi connectivity index (χ2v) is 5.42. The van der Waals surface area contributed by atoms with Crippen LogP contribution in [0.25, 0.3) is 10.9 Å². The average Bonchev–Trinajstić information content (AvgIpc) is 2.48. The summed E-state index contributed by atoms with van der Waals surface area (Å²) in [5.74, 6) is -0.941. The molecule has 0 atom stereocenters. The van der Waals surface area contributed by atoms with Crippen molar-refractivity contribution in [3.63, 3.8) is 0 Å². The number of aryl methyl sites for hydroxylation is 1. The van der Waals surface area contributed by atoms with Crippen LogP contribution in [0.1, 0.15) is 16.1 Å². The molecular weight excluding hydrogens is 300 g/mol. The van der Waals surface area contributed by atoms with Crippen molar-refractivity contribution >= 4 is 39.8 Å². The number of aromatic carboxylic acids is 1. The van der Waals surface area contributed by atoms with Gasteiger partial charge in [-0.2, -0.15) is 0 Å². The SMILES string of the molecule is Cc1cc(Nc2ccc(C(=O)O)cc2)c2cc(Cl)ccc2n1. The van der Waals surface area contributed by atoms with E-state index in [1.165, 1.54) is 0 Å². The third-order valence-electron chi connectivity index (χ3n) is 3.31. The van der Waals surface area contributed by atoms with Gasteiger partial charge in [0.2, 0.25) is 0 Å². The molecule has 0 aliphatic carbocycles. The van der Waals surface area contributed by atoms with Crippen molar-refractivity contribution < 1.29 is 9.90 Å². The molecule has 0 radical (unpaired) electrons. The Kier molecular flexibility index (Phi) is 3.69. The molecule has 0 saturated carbocycles. The molecule has 0 spiro atoms. The zero-order chi connectivity index (χ0) is 15.7. The number of rotatable bonds is 3. The van der Waals surface area contributed by atoms with Crippen molar-refractivity contribution in [2.24, 2.45) is 0 Å². The molecule has 0 unspecified atom stereocenters. The Morgan fingerprint density at radius 1 is 1.14 bits per heavy atom. The Labute approximate surface area is 132 Å². The molecule has 1 heterocycles. The maximum absolute atomic E-state index is 10.9. The van der Waals surface area contributed by atoms with Crippen LogP contribution in [0.4, 0.5) is 11.4 Å². The maximum Gasteiger partial charge on any atom is 0.335 e. The topological polar surface area (TPSA) is 62.2 Å². The number of nitrogens with zero attached hydrogens (tertiary/aromatic N) is 1. The number of benzene rings is 2. The summed E-state index contributed by atoms with van der Waals surface area (Å²) >= 11 is 6.07. The molecule has 2 aromatic carbocycles. The van der Waals surface area contributed by atoms with Crippen molar-refractivity contribution in [3.05, 3.63) is 64.8 Å². The first-order valence-corrected chi connectivity index (χ1v) is 7.08. The molecule has 5 heteroatoms. The number of hydrogen-bond donors (Lipinski definition) is 2. The van der Waals surface area contributed by atoms with Crippen molar-refractivity contribution in [3.8, 4) is 0 Å². The summed E-state index contributed by atoms with van der Waals surface area (Å²) in [7, 11) is 0. The van der Waals surface area contributed by atoms with E-state index in [2.05, 4.69) is 10.3 Å². The highest BCUT2D eigenvalue weighted by Gasteiger charge is 2.07. The predicted molar refractivity (Wildman–Crippen MR) is 88.2 cm³/mol. The van der Waals surface area contributed by atoms with Gasteiger partial charge in [-0.25, -0.2) is 4.79 Å². The van der Waals surface area contributed by atoms with Gasteiger partial charge in [-0.1, -0.05) is 11.6 Å². The summed E-state index contributed by atoms with van der Waals surface area (Å²) in [6.45, 7) is 1.92. The van der Waals surface area contributed by atoms with Crippen LogP contribution in [0.5, 0.6) is 0 Å². The fraction of sp³-hybridized carbons (Fsp3) is 0.0588. The van der Waals surface area contributed by atoms with Crippen molar-refractivity contribution in [1.29, 1.82) is 0 Å². The van der Waals surface area contributed by atoms with Crippen LogP contribution in [0, 0.1) is 6.92 Å². The first kappa shape index (κ1) is 14.4. The van der Waals surface area contributed by atoms with Crippen LogP contribution in [-0.4, -0.2) is 16.1 Å². The largest absolute Gasteiger partial charge is 0.478 e. The molecule has 4 nitrogen and oxygen atoms in total. The molecule has 1 aromatic heterocycles. The summed E-state index contributed by atoms with van der Waals surface area (Å²) in [6, 6.07) is 14.1. The number of halogens is 1. The fourth-order valence-corrected chi connectivity index (χ4v) is 2.46. The van der Waals surface area contributed by atoms with E-state index in [0.717, 1.165) is 28.0 Å². The number of fused-ring (bicyclic) bond motifs is 1. The lowest BCUT2D eigenvalue weighted by molar-refractivity contribution is 0.0697. The molecule has 0 fully saturated rings. The molecule has 0 bridgehead atoms. The smallest absolute Gasteiger partial charge is 0.335 e. The normalized spacial score (nSPS) is 10.6. The van der Waals surface area contributed by atoms with Gasteiger partial charge < -0.3 is 10.4 Å². The minimum absolute atomic E-state index is 0.254. The van der Waals surface area contributed by atoms with Crippen molar-refractivity contribution in [2.75, 3.05) is 5.32 Å². The molecule has 2 N–H and O–H groups in total. The third kappa shape index (κ3) is 2.87. The highest BCUT2D eigenvalue weighted by molar-refractivity contribution is 6.31. The fourth-order valence-electron chi connectivity index (χ4n) is 2.29. The first-order valence-electron chi connectivity index (χ1n) is 6.70. The highest BCUT2D eigenvalue weighted by atomic mass is 35.5. The number of hydrogen-bond acceptors (Lipinski definition) is 3. The highest BCUT2D eigenvalue weighted by Crippen LogP contribution is 2.28. The molecular formula is C17H13ClN2O2.